The third kappa shape index (κ3) is 3.29. The van der Waals surface area contributed by atoms with Crippen LogP contribution >= 0.6 is 0 Å². The fraction of sp³-hybridized carbons (Fsp3) is 0. The maximum Gasteiger partial charge on any atom is 0.343 e. The second-order valence-corrected chi connectivity index (χ2v) is 3.52. The Labute approximate surface area is 108 Å². The van der Waals surface area contributed by atoms with Crippen LogP contribution in [0.5, 0.6) is 11.5 Å². The van der Waals surface area contributed by atoms with E-state index in [0.717, 1.165) is 0 Å². The van der Waals surface area contributed by atoms with Crippen molar-refractivity contribution in [2.24, 2.45) is 0 Å². The smallest absolute Gasteiger partial charge is 0.343 e. The maximum atomic E-state index is 11.8. The van der Waals surface area contributed by atoms with Gasteiger partial charge < -0.3 is 4.74 Å². The van der Waals surface area contributed by atoms with Crippen LogP contribution in [0.4, 0.5) is 0 Å². The van der Waals surface area contributed by atoms with Crippen LogP contribution in [0.25, 0.3) is 0 Å². The Hall–Kier alpha value is -2.89. The summed E-state index contributed by atoms with van der Waals surface area (Å²) in [6.45, 7) is 0. The molecule has 0 saturated heterocycles. The van der Waals surface area contributed by atoms with Crippen LogP contribution < -0.4 is 9.57 Å². The van der Waals surface area contributed by atoms with Crippen molar-refractivity contribution < 1.29 is 19.5 Å². The molecule has 6 nitrogen and oxygen atoms in total. The number of hydrogen-bond acceptors (Lipinski definition) is 5. The molecule has 0 fully saturated rings. The molecule has 19 heavy (non-hydrogen) atoms. The number of para-hydroxylation sites is 2. The summed E-state index contributed by atoms with van der Waals surface area (Å²) >= 11 is 0. The minimum atomic E-state index is -0.963. The van der Waals surface area contributed by atoms with Gasteiger partial charge in [0.1, 0.15) is 0 Å². The first-order chi connectivity index (χ1) is 9.16. The zero-order chi connectivity index (χ0) is 13.7. The number of rotatable bonds is 4. The Morgan fingerprint density at radius 1 is 0.947 bits per heavy atom. The molecule has 0 aliphatic carbocycles. The van der Waals surface area contributed by atoms with Crippen molar-refractivity contribution in [1.29, 1.82) is 0 Å². The zero-order valence-electron chi connectivity index (χ0n) is 9.68. The SMILES string of the molecule is O=C(Oc1ccccc1O[N+](=O)[O-])c1ccccc1. The van der Waals surface area contributed by atoms with E-state index in [2.05, 4.69) is 4.84 Å². The molecule has 2 rings (SSSR count). The highest BCUT2D eigenvalue weighted by Gasteiger charge is 2.13. The number of nitrogens with zero attached hydrogens (tertiary/aromatic N) is 1. The predicted molar refractivity (Wildman–Crippen MR) is 65.5 cm³/mol. The molecule has 0 amide bonds. The van der Waals surface area contributed by atoms with Gasteiger partial charge in [-0.1, -0.05) is 30.3 Å². The Kier molecular flexibility index (Phi) is 3.72. The summed E-state index contributed by atoms with van der Waals surface area (Å²) in [5, 5.41) is 9.36. The minimum absolute atomic E-state index is 0.00643. The molecule has 0 spiro atoms. The molecule has 0 bridgehead atoms. The largest absolute Gasteiger partial charge is 0.421 e. The lowest BCUT2D eigenvalue weighted by atomic mass is 10.2. The number of benzene rings is 2. The predicted octanol–water partition coefficient (Wildman–Crippen LogP) is 2.48. The molecule has 0 N–H and O–H groups in total. The van der Waals surface area contributed by atoms with Gasteiger partial charge in [0.15, 0.2) is 11.5 Å². The van der Waals surface area contributed by atoms with Gasteiger partial charge in [0.05, 0.1) is 5.56 Å². The van der Waals surface area contributed by atoms with Gasteiger partial charge >= 0.3 is 5.97 Å². The maximum absolute atomic E-state index is 11.8. The highest BCUT2D eigenvalue weighted by Crippen LogP contribution is 2.27. The van der Waals surface area contributed by atoms with Gasteiger partial charge in [0, 0.05) is 0 Å². The summed E-state index contributed by atoms with van der Waals surface area (Å²) in [4.78, 5) is 26.5. The first-order valence-corrected chi connectivity index (χ1v) is 5.35. The monoisotopic (exact) mass is 259 g/mol. The molecule has 96 valence electrons. The van der Waals surface area contributed by atoms with Crippen molar-refractivity contribution in [2.45, 2.75) is 0 Å². The normalized spacial score (nSPS) is 9.68. The summed E-state index contributed by atoms with van der Waals surface area (Å²) < 4.78 is 5.06. The minimum Gasteiger partial charge on any atom is -0.421 e. The summed E-state index contributed by atoms with van der Waals surface area (Å²) in [7, 11) is 0. The van der Waals surface area contributed by atoms with Crippen LogP contribution in [0.2, 0.25) is 0 Å². The molecule has 0 atom stereocenters. The molecule has 0 aliphatic rings. The molecule has 0 unspecified atom stereocenters. The van der Waals surface area contributed by atoms with E-state index in [1.54, 1.807) is 42.5 Å². The lowest BCUT2D eigenvalue weighted by molar-refractivity contribution is -0.711. The standard InChI is InChI=1S/C13H9NO5/c15-13(10-6-2-1-3-7-10)18-11-8-4-5-9-12(11)19-14(16)17/h1-9H. The van der Waals surface area contributed by atoms with Crippen molar-refractivity contribution in [1.82, 2.24) is 0 Å². The lowest BCUT2D eigenvalue weighted by Crippen LogP contribution is -2.11. The van der Waals surface area contributed by atoms with Gasteiger partial charge in [-0.25, -0.2) is 4.79 Å². The number of ether oxygens (including phenoxy) is 1. The number of carbonyl (C=O) groups is 1. The topological polar surface area (TPSA) is 78.7 Å². The fourth-order valence-corrected chi connectivity index (χ4v) is 1.42. The van der Waals surface area contributed by atoms with E-state index in [1.165, 1.54) is 12.1 Å². The average Bonchev–Trinajstić information content (AvgIpc) is 2.41. The Morgan fingerprint density at radius 2 is 1.53 bits per heavy atom. The Bertz CT molecular complexity index is 597. The fourth-order valence-electron chi connectivity index (χ4n) is 1.42. The van der Waals surface area contributed by atoms with Crippen LogP contribution in [-0.2, 0) is 0 Å². The van der Waals surface area contributed by atoms with Gasteiger partial charge in [-0.3, -0.25) is 4.84 Å². The van der Waals surface area contributed by atoms with Gasteiger partial charge in [0.2, 0.25) is 0 Å². The van der Waals surface area contributed by atoms with Crippen molar-refractivity contribution in [2.75, 3.05) is 0 Å². The molecule has 0 heterocycles. The number of carbonyl (C=O) groups excluding carboxylic acids is 1. The molecule has 0 aromatic heterocycles. The second kappa shape index (κ2) is 5.63. The highest BCUT2D eigenvalue weighted by molar-refractivity contribution is 5.91. The first kappa shape index (κ1) is 12.6. The van der Waals surface area contributed by atoms with E-state index < -0.39 is 11.1 Å². The Balaban J connectivity index is 2.19. The zero-order valence-corrected chi connectivity index (χ0v) is 9.68. The van der Waals surface area contributed by atoms with E-state index in [9.17, 15) is 14.9 Å². The molecule has 6 heteroatoms. The van der Waals surface area contributed by atoms with Gasteiger partial charge in [-0.15, -0.1) is 10.1 Å². The Morgan fingerprint density at radius 3 is 2.16 bits per heavy atom. The van der Waals surface area contributed by atoms with Gasteiger partial charge in [-0.05, 0) is 24.3 Å². The molecular formula is C13H9NO5. The third-order valence-corrected chi connectivity index (χ3v) is 2.23. The second-order valence-electron chi connectivity index (χ2n) is 3.52. The lowest BCUT2D eigenvalue weighted by Gasteiger charge is -2.07. The highest BCUT2D eigenvalue weighted by atomic mass is 17.0. The quantitative estimate of drug-likeness (QED) is 0.365. The number of esters is 1. The van der Waals surface area contributed by atoms with Gasteiger partial charge in [-0.2, -0.15) is 0 Å². The van der Waals surface area contributed by atoms with Gasteiger partial charge in [0.25, 0.3) is 5.09 Å². The van der Waals surface area contributed by atoms with E-state index in [1.807, 2.05) is 0 Å². The van der Waals surface area contributed by atoms with Crippen LogP contribution in [0, 0.1) is 10.1 Å². The van der Waals surface area contributed by atoms with E-state index >= 15 is 0 Å². The summed E-state index contributed by atoms with van der Waals surface area (Å²) in [5.74, 6) is -0.746. The van der Waals surface area contributed by atoms with Crippen molar-refractivity contribution in [3.8, 4) is 11.5 Å². The number of hydrogen-bond donors (Lipinski definition) is 0. The first-order valence-electron chi connectivity index (χ1n) is 5.35. The third-order valence-electron chi connectivity index (χ3n) is 2.23. The van der Waals surface area contributed by atoms with Crippen LogP contribution in [0.15, 0.2) is 54.6 Å². The molecule has 0 saturated carbocycles. The van der Waals surface area contributed by atoms with Crippen molar-refractivity contribution in [3.05, 3.63) is 70.3 Å². The molecule has 0 radical (unpaired) electrons. The molecular weight excluding hydrogens is 250 g/mol. The van der Waals surface area contributed by atoms with Crippen molar-refractivity contribution in [3.63, 3.8) is 0 Å². The van der Waals surface area contributed by atoms with Crippen LogP contribution in [0.1, 0.15) is 10.4 Å². The average molecular weight is 259 g/mol. The van der Waals surface area contributed by atoms with Crippen LogP contribution in [0.3, 0.4) is 0 Å². The van der Waals surface area contributed by atoms with Crippen LogP contribution in [-0.4, -0.2) is 11.1 Å². The summed E-state index contributed by atoms with van der Waals surface area (Å²) in [6, 6.07) is 14.2. The molecule has 2 aromatic rings. The molecule has 0 aliphatic heterocycles. The summed E-state index contributed by atoms with van der Waals surface area (Å²) in [6.07, 6.45) is 0. The van der Waals surface area contributed by atoms with E-state index in [0.29, 0.717) is 5.56 Å². The molecule has 2 aromatic carbocycles. The van der Waals surface area contributed by atoms with Crippen molar-refractivity contribution >= 4 is 5.97 Å². The summed E-state index contributed by atoms with van der Waals surface area (Å²) in [5.41, 5.74) is 0.346. The van der Waals surface area contributed by atoms with E-state index in [-0.39, 0.29) is 11.5 Å². The van der Waals surface area contributed by atoms with E-state index in [4.69, 9.17) is 4.74 Å².